The van der Waals surface area contributed by atoms with E-state index in [0.717, 1.165) is 19.3 Å². The Kier molecular flexibility index (Phi) is 4.34. The fourth-order valence-corrected chi connectivity index (χ4v) is 4.82. The molecule has 1 aromatic carbocycles. The molecule has 1 heterocycles. The molecule has 0 N–H and O–H groups in total. The minimum Gasteiger partial charge on any atom is -0.457 e. The predicted octanol–water partition coefficient (Wildman–Crippen LogP) is 1.83. The van der Waals surface area contributed by atoms with Crippen molar-refractivity contribution in [2.45, 2.75) is 25.7 Å². The molecule has 2 amide bonds. The summed E-state index contributed by atoms with van der Waals surface area (Å²) in [5.41, 5.74) is 0.480. The first-order valence-electron chi connectivity index (χ1n) is 9.15. The lowest BCUT2D eigenvalue weighted by Crippen LogP contribution is -2.35. The highest BCUT2D eigenvalue weighted by Crippen LogP contribution is 2.56. The number of carbonyl (C=O) groups excluding carboxylic acids is 4. The van der Waals surface area contributed by atoms with Crippen molar-refractivity contribution < 1.29 is 23.9 Å². The Morgan fingerprint density at radius 3 is 2.23 bits per heavy atom. The zero-order chi connectivity index (χ0) is 18.3. The van der Waals surface area contributed by atoms with Crippen LogP contribution in [0, 0.1) is 23.7 Å². The average molecular weight is 355 g/mol. The highest BCUT2D eigenvalue weighted by atomic mass is 16.5. The molecular weight excluding hydrogens is 334 g/mol. The van der Waals surface area contributed by atoms with Crippen LogP contribution in [-0.4, -0.2) is 41.6 Å². The van der Waals surface area contributed by atoms with Gasteiger partial charge < -0.3 is 4.74 Å². The van der Waals surface area contributed by atoms with E-state index in [0.29, 0.717) is 17.4 Å². The average Bonchev–Trinajstić information content (AvgIpc) is 3.33. The van der Waals surface area contributed by atoms with E-state index < -0.39 is 5.97 Å². The summed E-state index contributed by atoms with van der Waals surface area (Å²) < 4.78 is 5.00. The van der Waals surface area contributed by atoms with Crippen molar-refractivity contribution >= 4 is 23.6 Å². The second-order valence-corrected chi connectivity index (χ2v) is 7.41. The lowest BCUT2D eigenvalue weighted by atomic mass is 9.81. The van der Waals surface area contributed by atoms with Gasteiger partial charge in [0.25, 0.3) is 0 Å². The Hall–Kier alpha value is -2.50. The first-order valence-corrected chi connectivity index (χ1v) is 9.15. The van der Waals surface area contributed by atoms with Crippen molar-refractivity contribution in [1.82, 2.24) is 4.90 Å². The number of Topliss-reactive ketones (excluding diaryl/α,β-unsaturated/α-hetero) is 1. The molecule has 2 bridgehead atoms. The van der Waals surface area contributed by atoms with E-state index in [-0.39, 0.29) is 49.0 Å². The van der Waals surface area contributed by atoms with Gasteiger partial charge in [0.15, 0.2) is 12.4 Å². The summed E-state index contributed by atoms with van der Waals surface area (Å²) >= 11 is 0. The molecule has 3 fully saturated rings. The summed E-state index contributed by atoms with van der Waals surface area (Å²) in [6.07, 6.45) is 2.98. The summed E-state index contributed by atoms with van der Waals surface area (Å²) in [6.45, 7) is -0.289. The van der Waals surface area contributed by atoms with Crippen molar-refractivity contribution in [3.63, 3.8) is 0 Å². The van der Waals surface area contributed by atoms with E-state index in [1.165, 1.54) is 4.90 Å². The fraction of sp³-hybridized carbons (Fsp3) is 0.500. The van der Waals surface area contributed by atoms with Crippen LogP contribution >= 0.6 is 0 Å². The number of hydrogen-bond donors (Lipinski definition) is 0. The zero-order valence-corrected chi connectivity index (χ0v) is 14.4. The molecule has 0 radical (unpaired) electrons. The molecule has 2 saturated carbocycles. The molecule has 0 aromatic heterocycles. The van der Waals surface area contributed by atoms with E-state index in [1.807, 2.05) is 0 Å². The largest absolute Gasteiger partial charge is 0.457 e. The first kappa shape index (κ1) is 16.9. The maximum Gasteiger partial charge on any atom is 0.308 e. The standard InChI is InChI=1S/C20H21NO5/c22-15(12-4-2-1-3-5-12)11-26-16(23)8-9-21-19(24)17-13-6-7-14(10-13)18(17)20(21)25/h1-5,13-14,17-18H,6-11H2/t13-,14+,17-,18+. The Balaban J connectivity index is 1.28. The maximum atomic E-state index is 12.5. The lowest BCUT2D eigenvalue weighted by molar-refractivity contribution is -0.145. The number of ketones is 1. The zero-order valence-electron chi connectivity index (χ0n) is 14.4. The van der Waals surface area contributed by atoms with Crippen LogP contribution < -0.4 is 0 Å². The number of rotatable bonds is 6. The van der Waals surface area contributed by atoms with Gasteiger partial charge in [-0.25, -0.2) is 0 Å². The van der Waals surface area contributed by atoms with Crippen LogP contribution in [-0.2, 0) is 19.1 Å². The Morgan fingerprint density at radius 2 is 1.62 bits per heavy atom. The quantitative estimate of drug-likeness (QED) is 0.442. The van der Waals surface area contributed by atoms with Gasteiger partial charge in [0, 0.05) is 12.1 Å². The van der Waals surface area contributed by atoms with Crippen LogP contribution in [0.15, 0.2) is 30.3 Å². The third-order valence-corrected chi connectivity index (χ3v) is 6.02. The second kappa shape index (κ2) is 6.67. The molecule has 4 rings (SSSR count). The molecule has 0 spiro atoms. The number of carbonyl (C=O) groups is 4. The van der Waals surface area contributed by atoms with Crippen molar-refractivity contribution in [3.8, 4) is 0 Å². The second-order valence-electron chi connectivity index (χ2n) is 7.41. The van der Waals surface area contributed by atoms with Crippen LogP contribution in [0.25, 0.3) is 0 Å². The SMILES string of the molecule is O=C(CCN1C(=O)[C@@H]2[C@@H]3CC[C@@H](C3)[C@@H]2C1=O)OCC(=O)c1ccccc1. The normalized spacial score (nSPS) is 29.2. The minimum atomic E-state index is -0.574. The molecule has 1 aliphatic heterocycles. The summed E-state index contributed by atoms with van der Waals surface area (Å²) in [5.74, 6) is -0.772. The van der Waals surface area contributed by atoms with Crippen molar-refractivity contribution in [3.05, 3.63) is 35.9 Å². The van der Waals surface area contributed by atoms with E-state index in [2.05, 4.69) is 0 Å². The third kappa shape index (κ3) is 2.83. The monoisotopic (exact) mass is 355 g/mol. The predicted molar refractivity (Wildman–Crippen MR) is 90.9 cm³/mol. The Morgan fingerprint density at radius 1 is 1.00 bits per heavy atom. The van der Waals surface area contributed by atoms with Gasteiger partial charge in [-0.15, -0.1) is 0 Å². The van der Waals surface area contributed by atoms with Crippen LogP contribution in [0.5, 0.6) is 0 Å². The summed E-state index contributed by atoms with van der Waals surface area (Å²) in [4.78, 5) is 50.2. The van der Waals surface area contributed by atoms with Gasteiger partial charge in [0.1, 0.15) is 0 Å². The molecule has 26 heavy (non-hydrogen) atoms. The van der Waals surface area contributed by atoms with Gasteiger partial charge in [-0.2, -0.15) is 0 Å². The highest BCUT2D eigenvalue weighted by Gasteiger charge is 2.60. The van der Waals surface area contributed by atoms with Crippen LogP contribution in [0.4, 0.5) is 0 Å². The Labute approximate surface area is 151 Å². The van der Waals surface area contributed by atoms with Gasteiger partial charge in [0.05, 0.1) is 18.3 Å². The third-order valence-electron chi connectivity index (χ3n) is 6.02. The van der Waals surface area contributed by atoms with Gasteiger partial charge >= 0.3 is 5.97 Å². The number of esters is 1. The van der Waals surface area contributed by atoms with Gasteiger partial charge in [-0.05, 0) is 31.1 Å². The van der Waals surface area contributed by atoms with Crippen LogP contribution in [0.3, 0.4) is 0 Å². The molecule has 3 aliphatic rings. The molecule has 0 unspecified atom stereocenters. The number of benzene rings is 1. The Bertz CT molecular complexity index is 731. The van der Waals surface area contributed by atoms with Gasteiger partial charge in [-0.3, -0.25) is 24.1 Å². The summed E-state index contributed by atoms with van der Waals surface area (Å²) in [5, 5.41) is 0. The maximum absolute atomic E-state index is 12.5. The molecular formula is C20H21NO5. The number of ether oxygens (including phenoxy) is 1. The topological polar surface area (TPSA) is 80.8 Å². The van der Waals surface area contributed by atoms with Crippen LogP contribution in [0.1, 0.15) is 36.0 Å². The lowest BCUT2D eigenvalue weighted by Gasteiger charge is -2.19. The minimum absolute atomic E-state index is 0.0441. The van der Waals surface area contributed by atoms with E-state index in [9.17, 15) is 19.2 Å². The number of fused-ring (bicyclic) bond motifs is 5. The van der Waals surface area contributed by atoms with Gasteiger partial charge in [0.2, 0.25) is 11.8 Å². The van der Waals surface area contributed by atoms with E-state index in [4.69, 9.17) is 4.74 Å². The van der Waals surface area contributed by atoms with Crippen molar-refractivity contribution in [2.24, 2.45) is 23.7 Å². The molecule has 6 nitrogen and oxygen atoms in total. The summed E-state index contributed by atoms with van der Waals surface area (Å²) in [7, 11) is 0. The fourth-order valence-electron chi connectivity index (χ4n) is 4.82. The highest BCUT2D eigenvalue weighted by molar-refractivity contribution is 6.06. The molecule has 1 aromatic rings. The van der Waals surface area contributed by atoms with E-state index in [1.54, 1.807) is 30.3 Å². The van der Waals surface area contributed by atoms with Gasteiger partial charge in [-0.1, -0.05) is 30.3 Å². The van der Waals surface area contributed by atoms with Crippen molar-refractivity contribution in [2.75, 3.05) is 13.2 Å². The molecule has 6 heteroatoms. The number of likely N-dealkylation sites (tertiary alicyclic amines) is 1. The molecule has 2 aliphatic carbocycles. The molecule has 4 atom stereocenters. The number of imide groups is 1. The smallest absolute Gasteiger partial charge is 0.308 e. The first-order chi connectivity index (χ1) is 12.6. The summed E-state index contributed by atoms with van der Waals surface area (Å²) in [6, 6.07) is 8.59. The van der Waals surface area contributed by atoms with Crippen molar-refractivity contribution in [1.29, 1.82) is 0 Å². The number of nitrogens with zero attached hydrogens (tertiary/aromatic N) is 1. The van der Waals surface area contributed by atoms with Crippen LogP contribution in [0.2, 0.25) is 0 Å². The molecule has 136 valence electrons. The van der Waals surface area contributed by atoms with E-state index >= 15 is 0 Å². The number of amides is 2. The number of hydrogen-bond acceptors (Lipinski definition) is 5. The molecule has 1 saturated heterocycles.